The summed E-state index contributed by atoms with van der Waals surface area (Å²) in [5.74, 6) is 0.461. The van der Waals surface area contributed by atoms with Crippen LogP contribution in [0.1, 0.15) is 18.4 Å². The van der Waals surface area contributed by atoms with Gasteiger partial charge in [-0.1, -0.05) is 17.7 Å². The van der Waals surface area contributed by atoms with Crippen LogP contribution in [0.2, 0.25) is 5.02 Å². The molecule has 0 unspecified atom stereocenters. The molecule has 5 heteroatoms. The van der Waals surface area contributed by atoms with Crippen LogP contribution in [-0.2, 0) is 11.3 Å². The van der Waals surface area contributed by atoms with E-state index < -0.39 is 5.41 Å². The summed E-state index contributed by atoms with van der Waals surface area (Å²) in [5.41, 5.74) is 0.0124. The molecule has 1 amide bonds. The number of carbonyl (C=O) groups excluding carboxylic acids is 1. The van der Waals surface area contributed by atoms with E-state index in [0.717, 1.165) is 5.56 Å². The minimum Gasteiger partial charge on any atom is -0.497 e. The van der Waals surface area contributed by atoms with Crippen LogP contribution >= 0.6 is 11.6 Å². The first-order valence-corrected chi connectivity index (χ1v) is 6.01. The van der Waals surface area contributed by atoms with Crippen LogP contribution in [0.15, 0.2) is 18.2 Å². The van der Waals surface area contributed by atoms with E-state index in [2.05, 4.69) is 11.4 Å². The summed E-state index contributed by atoms with van der Waals surface area (Å²) in [5, 5.41) is 12.2. The topological polar surface area (TPSA) is 62.1 Å². The van der Waals surface area contributed by atoms with Gasteiger partial charge in [-0.2, -0.15) is 5.26 Å². The van der Waals surface area contributed by atoms with Gasteiger partial charge in [-0.3, -0.25) is 4.79 Å². The van der Waals surface area contributed by atoms with E-state index in [1.165, 1.54) is 0 Å². The molecule has 0 heterocycles. The summed E-state index contributed by atoms with van der Waals surface area (Å²) in [6, 6.07) is 7.33. The van der Waals surface area contributed by atoms with E-state index in [4.69, 9.17) is 21.6 Å². The maximum absolute atomic E-state index is 11.8. The largest absolute Gasteiger partial charge is 0.497 e. The minimum absolute atomic E-state index is 0.211. The number of nitriles is 1. The van der Waals surface area contributed by atoms with Crippen LogP contribution in [0.25, 0.3) is 0 Å². The Morgan fingerprint density at radius 2 is 2.33 bits per heavy atom. The lowest BCUT2D eigenvalue weighted by molar-refractivity contribution is -0.124. The van der Waals surface area contributed by atoms with Gasteiger partial charge in [0.2, 0.25) is 5.91 Å². The Morgan fingerprint density at radius 1 is 1.61 bits per heavy atom. The van der Waals surface area contributed by atoms with Crippen molar-refractivity contribution in [3.8, 4) is 11.8 Å². The third-order valence-corrected chi connectivity index (χ3v) is 3.45. The molecule has 94 valence electrons. The van der Waals surface area contributed by atoms with Crippen LogP contribution in [-0.4, -0.2) is 13.0 Å². The SMILES string of the molecule is COc1ccc(CNC(=O)C2(C#N)CC2)c(Cl)c1. The monoisotopic (exact) mass is 264 g/mol. The van der Waals surface area contributed by atoms with Gasteiger partial charge in [0.15, 0.2) is 0 Å². The molecule has 0 aliphatic heterocycles. The van der Waals surface area contributed by atoms with Crippen molar-refractivity contribution in [2.24, 2.45) is 5.41 Å². The molecule has 0 radical (unpaired) electrons. The number of methoxy groups -OCH3 is 1. The molecule has 1 aromatic carbocycles. The molecule has 0 atom stereocenters. The van der Waals surface area contributed by atoms with E-state index >= 15 is 0 Å². The molecule has 0 aromatic heterocycles. The van der Waals surface area contributed by atoms with Crippen LogP contribution in [0.4, 0.5) is 0 Å². The lowest BCUT2D eigenvalue weighted by Gasteiger charge is -2.10. The minimum atomic E-state index is -0.793. The quantitative estimate of drug-likeness (QED) is 0.907. The second kappa shape index (κ2) is 4.87. The van der Waals surface area contributed by atoms with Crippen molar-refractivity contribution >= 4 is 17.5 Å². The van der Waals surface area contributed by atoms with Crippen LogP contribution < -0.4 is 10.1 Å². The molecule has 1 aromatic rings. The van der Waals surface area contributed by atoms with Crippen molar-refractivity contribution in [2.45, 2.75) is 19.4 Å². The Morgan fingerprint density at radius 3 is 2.83 bits per heavy atom. The summed E-state index contributed by atoms with van der Waals surface area (Å²) < 4.78 is 5.04. The van der Waals surface area contributed by atoms with Crippen molar-refractivity contribution in [3.05, 3.63) is 28.8 Å². The van der Waals surface area contributed by atoms with E-state index in [1.807, 2.05) is 0 Å². The van der Waals surface area contributed by atoms with Gasteiger partial charge < -0.3 is 10.1 Å². The predicted octanol–water partition coefficient (Wildman–Crippen LogP) is 2.27. The molecule has 1 fully saturated rings. The third-order valence-electron chi connectivity index (χ3n) is 3.10. The predicted molar refractivity (Wildman–Crippen MR) is 67.1 cm³/mol. The maximum Gasteiger partial charge on any atom is 0.240 e. The van der Waals surface area contributed by atoms with Gasteiger partial charge in [0.05, 0.1) is 13.2 Å². The van der Waals surface area contributed by atoms with Gasteiger partial charge in [-0.15, -0.1) is 0 Å². The Labute approximate surface area is 111 Å². The number of nitrogens with one attached hydrogen (secondary N) is 1. The van der Waals surface area contributed by atoms with Gasteiger partial charge in [-0.05, 0) is 30.5 Å². The summed E-state index contributed by atoms with van der Waals surface area (Å²) in [7, 11) is 1.57. The Bertz CT molecular complexity index is 518. The fourth-order valence-corrected chi connectivity index (χ4v) is 1.90. The first-order chi connectivity index (χ1) is 8.61. The molecule has 0 saturated heterocycles. The highest BCUT2D eigenvalue weighted by atomic mass is 35.5. The molecular formula is C13H13ClN2O2. The van der Waals surface area contributed by atoms with Crippen molar-refractivity contribution in [2.75, 3.05) is 7.11 Å². The highest BCUT2D eigenvalue weighted by Gasteiger charge is 2.50. The number of hydrogen-bond acceptors (Lipinski definition) is 3. The maximum atomic E-state index is 11.8. The van der Waals surface area contributed by atoms with Crippen LogP contribution in [0.5, 0.6) is 5.75 Å². The lowest BCUT2D eigenvalue weighted by atomic mass is 10.1. The first kappa shape index (κ1) is 12.7. The molecule has 1 aliphatic carbocycles. The van der Waals surface area contributed by atoms with E-state index in [-0.39, 0.29) is 5.91 Å². The average Bonchev–Trinajstić information content (AvgIpc) is 3.18. The zero-order valence-electron chi connectivity index (χ0n) is 10.00. The molecule has 0 spiro atoms. The number of rotatable bonds is 4. The van der Waals surface area contributed by atoms with Crippen LogP contribution in [0, 0.1) is 16.7 Å². The second-order valence-electron chi connectivity index (χ2n) is 4.33. The molecule has 0 bridgehead atoms. The number of nitrogens with zero attached hydrogens (tertiary/aromatic N) is 1. The average molecular weight is 265 g/mol. The normalized spacial score (nSPS) is 15.6. The summed E-state index contributed by atoms with van der Waals surface area (Å²) in [6.45, 7) is 0.324. The number of halogens is 1. The van der Waals surface area contributed by atoms with E-state index in [9.17, 15) is 4.79 Å². The number of carbonyl (C=O) groups is 1. The van der Waals surface area contributed by atoms with Crippen molar-refractivity contribution in [3.63, 3.8) is 0 Å². The van der Waals surface area contributed by atoms with E-state index in [1.54, 1.807) is 25.3 Å². The lowest BCUT2D eigenvalue weighted by Crippen LogP contribution is -2.30. The summed E-state index contributed by atoms with van der Waals surface area (Å²) in [4.78, 5) is 11.8. The van der Waals surface area contributed by atoms with Gasteiger partial charge in [0.1, 0.15) is 11.2 Å². The zero-order chi connectivity index (χ0) is 13.2. The number of amides is 1. The Kier molecular flexibility index (Phi) is 3.44. The first-order valence-electron chi connectivity index (χ1n) is 5.63. The Hall–Kier alpha value is -1.73. The number of benzene rings is 1. The molecule has 2 rings (SSSR count). The van der Waals surface area contributed by atoms with E-state index in [0.29, 0.717) is 30.2 Å². The van der Waals surface area contributed by atoms with Gasteiger partial charge >= 0.3 is 0 Å². The molecule has 1 N–H and O–H groups in total. The summed E-state index contributed by atoms with van der Waals surface area (Å²) in [6.07, 6.45) is 1.29. The molecule has 1 saturated carbocycles. The molecule has 1 aliphatic rings. The molecule has 4 nitrogen and oxygen atoms in total. The highest BCUT2D eigenvalue weighted by Crippen LogP contribution is 2.45. The van der Waals surface area contributed by atoms with Gasteiger partial charge in [-0.25, -0.2) is 0 Å². The standard InChI is InChI=1S/C13H13ClN2O2/c1-18-10-3-2-9(11(14)6-10)7-16-12(17)13(8-15)4-5-13/h2-3,6H,4-5,7H2,1H3,(H,16,17). The molecular weight excluding hydrogens is 252 g/mol. The van der Waals surface area contributed by atoms with Crippen LogP contribution in [0.3, 0.4) is 0 Å². The fraction of sp³-hybridized carbons (Fsp3) is 0.385. The third kappa shape index (κ3) is 2.41. The summed E-state index contributed by atoms with van der Waals surface area (Å²) >= 11 is 6.06. The van der Waals surface area contributed by atoms with Crippen molar-refractivity contribution in [1.82, 2.24) is 5.32 Å². The number of hydrogen-bond donors (Lipinski definition) is 1. The number of ether oxygens (including phenoxy) is 1. The fourth-order valence-electron chi connectivity index (χ4n) is 1.66. The smallest absolute Gasteiger partial charge is 0.240 e. The zero-order valence-corrected chi connectivity index (χ0v) is 10.8. The van der Waals surface area contributed by atoms with Gasteiger partial charge in [0.25, 0.3) is 0 Å². The van der Waals surface area contributed by atoms with Crippen molar-refractivity contribution < 1.29 is 9.53 Å². The molecule has 18 heavy (non-hydrogen) atoms. The van der Waals surface area contributed by atoms with Gasteiger partial charge in [0, 0.05) is 11.6 Å². The Balaban J connectivity index is 1.99. The second-order valence-corrected chi connectivity index (χ2v) is 4.74. The van der Waals surface area contributed by atoms with Crippen molar-refractivity contribution in [1.29, 1.82) is 5.26 Å². The highest BCUT2D eigenvalue weighted by molar-refractivity contribution is 6.31.